The highest BCUT2D eigenvalue weighted by Gasteiger charge is 2.35. The predicted octanol–water partition coefficient (Wildman–Crippen LogP) is 3.16. The van der Waals surface area contributed by atoms with Crippen LogP contribution in [0.25, 0.3) is 0 Å². The fraction of sp³-hybridized carbons (Fsp3) is 0.600. The van der Waals surface area contributed by atoms with Crippen LogP contribution >= 0.6 is 28.3 Å². The normalized spacial score (nSPS) is 20.6. The van der Waals surface area contributed by atoms with Crippen molar-refractivity contribution in [3.63, 3.8) is 0 Å². The zero-order valence-corrected chi connectivity index (χ0v) is 16.6. The predicted molar refractivity (Wildman–Crippen MR) is 97.7 cm³/mol. The van der Waals surface area contributed by atoms with Gasteiger partial charge in [-0.15, -0.1) is 12.4 Å². The number of hydrogen-bond donors (Lipinski definition) is 1. The van der Waals surface area contributed by atoms with Crippen LogP contribution in [0.2, 0.25) is 0 Å². The number of piperidine rings is 1. The SMILES string of the molecule is CCOc1ccc(S(=O)(=O)N2CCCCC2C(C)N)cc1Br.Cl. The Morgan fingerprint density at radius 3 is 2.70 bits per heavy atom. The molecule has 8 heteroatoms. The maximum atomic E-state index is 12.9. The van der Waals surface area contributed by atoms with Crippen LogP contribution in [0.4, 0.5) is 0 Å². The molecular formula is C15H24BrClN2O3S. The molecule has 0 spiro atoms. The summed E-state index contributed by atoms with van der Waals surface area (Å²) in [6.07, 6.45) is 2.71. The Hall–Kier alpha value is -0.340. The lowest BCUT2D eigenvalue weighted by Crippen LogP contribution is -2.51. The number of sulfonamides is 1. The summed E-state index contributed by atoms with van der Waals surface area (Å²) in [5.41, 5.74) is 5.99. The molecule has 2 atom stereocenters. The van der Waals surface area contributed by atoms with E-state index in [2.05, 4.69) is 15.9 Å². The van der Waals surface area contributed by atoms with Gasteiger partial charge in [0, 0.05) is 18.6 Å². The fourth-order valence-electron chi connectivity index (χ4n) is 2.80. The summed E-state index contributed by atoms with van der Waals surface area (Å²) in [5.74, 6) is 0.642. The summed E-state index contributed by atoms with van der Waals surface area (Å²) in [5, 5.41) is 0. The molecular weight excluding hydrogens is 404 g/mol. The van der Waals surface area contributed by atoms with Crippen LogP contribution in [0.1, 0.15) is 33.1 Å². The van der Waals surface area contributed by atoms with E-state index in [4.69, 9.17) is 10.5 Å². The molecule has 2 unspecified atom stereocenters. The standard InChI is InChI=1S/C15H23BrN2O3S.ClH/c1-3-21-15-8-7-12(10-13(15)16)22(19,20)18-9-5-4-6-14(18)11(2)17;/h7-8,10-11,14H,3-6,9,17H2,1-2H3;1H. The fourth-order valence-corrected chi connectivity index (χ4v) is 5.25. The highest BCUT2D eigenvalue weighted by Crippen LogP contribution is 2.31. The van der Waals surface area contributed by atoms with Gasteiger partial charge >= 0.3 is 0 Å². The quantitative estimate of drug-likeness (QED) is 0.783. The van der Waals surface area contributed by atoms with E-state index in [0.717, 1.165) is 19.3 Å². The second kappa shape index (κ2) is 8.67. The average molecular weight is 428 g/mol. The summed E-state index contributed by atoms with van der Waals surface area (Å²) in [7, 11) is -3.54. The highest BCUT2D eigenvalue weighted by atomic mass is 79.9. The Morgan fingerprint density at radius 1 is 1.43 bits per heavy atom. The van der Waals surface area contributed by atoms with Crippen molar-refractivity contribution in [2.45, 2.75) is 50.1 Å². The van der Waals surface area contributed by atoms with Gasteiger partial charge in [0.2, 0.25) is 10.0 Å². The minimum atomic E-state index is -3.54. The van der Waals surface area contributed by atoms with Gasteiger partial charge in [-0.2, -0.15) is 4.31 Å². The van der Waals surface area contributed by atoms with Crippen LogP contribution in [-0.4, -0.2) is 38.0 Å². The van der Waals surface area contributed by atoms with Crippen LogP contribution in [0.3, 0.4) is 0 Å². The summed E-state index contributed by atoms with van der Waals surface area (Å²) in [6, 6.07) is 4.57. The molecule has 0 saturated carbocycles. The van der Waals surface area contributed by atoms with E-state index in [-0.39, 0.29) is 29.4 Å². The topological polar surface area (TPSA) is 72.6 Å². The van der Waals surface area contributed by atoms with E-state index < -0.39 is 10.0 Å². The number of benzene rings is 1. The van der Waals surface area contributed by atoms with Crippen molar-refractivity contribution < 1.29 is 13.2 Å². The van der Waals surface area contributed by atoms with Gasteiger partial charge in [0.05, 0.1) is 16.0 Å². The second-order valence-electron chi connectivity index (χ2n) is 5.56. The molecule has 132 valence electrons. The molecule has 0 amide bonds. The Kier molecular flexibility index (Phi) is 7.80. The molecule has 2 N–H and O–H groups in total. The number of ether oxygens (including phenoxy) is 1. The molecule has 0 bridgehead atoms. The summed E-state index contributed by atoms with van der Waals surface area (Å²) >= 11 is 3.38. The third-order valence-electron chi connectivity index (χ3n) is 3.91. The summed E-state index contributed by atoms with van der Waals surface area (Å²) in [6.45, 7) is 4.81. The number of nitrogens with two attached hydrogens (primary N) is 1. The third-order valence-corrected chi connectivity index (χ3v) is 6.46. The van der Waals surface area contributed by atoms with Gasteiger partial charge in [-0.1, -0.05) is 6.42 Å². The van der Waals surface area contributed by atoms with Crippen molar-refractivity contribution >= 4 is 38.4 Å². The smallest absolute Gasteiger partial charge is 0.243 e. The number of nitrogens with zero attached hydrogens (tertiary/aromatic N) is 1. The molecule has 1 heterocycles. The Labute approximate surface area is 153 Å². The Morgan fingerprint density at radius 2 is 2.13 bits per heavy atom. The van der Waals surface area contributed by atoms with Crippen LogP contribution in [-0.2, 0) is 10.0 Å². The van der Waals surface area contributed by atoms with Crippen LogP contribution in [0.15, 0.2) is 27.6 Å². The Bertz CT molecular complexity index is 625. The third kappa shape index (κ3) is 4.60. The van der Waals surface area contributed by atoms with Crippen LogP contribution in [0.5, 0.6) is 5.75 Å². The van der Waals surface area contributed by atoms with Gasteiger partial charge < -0.3 is 10.5 Å². The molecule has 1 aromatic carbocycles. The summed E-state index contributed by atoms with van der Waals surface area (Å²) < 4.78 is 33.5. The number of halogens is 2. The first-order valence-corrected chi connectivity index (χ1v) is 9.81. The zero-order chi connectivity index (χ0) is 16.3. The minimum absolute atomic E-state index is 0. The van der Waals surface area contributed by atoms with Crippen molar-refractivity contribution in [2.24, 2.45) is 5.73 Å². The first-order chi connectivity index (χ1) is 10.4. The largest absolute Gasteiger partial charge is 0.493 e. The van der Waals surface area contributed by atoms with E-state index >= 15 is 0 Å². The molecule has 1 aliphatic rings. The van der Waals surface area contributed by atoms with Gasteiger partial charge in [-0.3, -0.25) is 0 Å². The molecule has 0 radical (unpaired) electrons. The second-order valence-corrected chi connectivity index (χ2v) is 8.31. The molecule has 1 aromatic rings. The molecule has 0 aromatic heterocycles. The van der Waals surface area contributed by atoms with Gasteiger partial charge in [0.25, 0.3) is 0 Å². The van der Waals surface area contributed by atoms with Crippen molar-refractivity contribution in [3.05, 3.63) is 22.7 Å². The molecule has 0 aliphatic carbocycles. The average Bonchev–Trinajstić information content (AvgIpc) is 2.49. The van der Waals surface area contributed by atoms with E-state index in [1.165, 1.54) is 0 Å². The first-order valence-electron chi connectivity index (χ1n) is 7.57. The van der Waals surface area contributed by atoms with Crippen molar-refractivity contribution in [1.29, 1.82) is 0 Å². The van der Waals surface area contributed by atoms with Crippen molar-refractivity contribution in [3.8, 4) is 5.75 Å². The lowest BCUT2D eigenvalue weighted by molar-refractivity contribution is 0.227. The lowest BCUT2D eigenvalue weighted by Gasteiger charge is -2.36. The highest BCUT2D eigenvalue weighted by molar-refractivity contribution is 9.10. The van der Waals surface area contributed by atoms with Crippen molar-refractivity contribution in [2.75, 3.05) is 13.2 Å². The molecule has 23 heavy (non-hydrogen) atoms. The molecule has 1 fully saturated rings. The van der Waals surface area contributed by atoms with E-state index in [9.17, 15) is 8.42 Å². The molecule has 2 rings (SSSR count). The number of hydrogen-bond acceptors (Lipinski definition) is 4. The van der Waals surface area contributed by atoms with Gasteiger partial charge in [-0.25, -0.2) is 8.42 Å². The van der Waals surface area contributed by atoms with E-state index in [0.29, 0.717) is 23.4 Å². The van der Waals surface area contributed by atoms with Gasteiger partial charge in [-0.05, 0) is 60.8 Å². The zero-order valence-electron chi connectivity index (χ0n) is 13.4. The van der Waals surface area contributed by atoms with Gasteiger partial charge in [0.15, 0.2) is 0 Å². The van der Waals surface area contributed by atoms with Crippen LogP contribution in [0, 0.1) is 0 Å². The number of rotatable bonds is 5. The summed E-state index contributed by atoms with van der Waals surface area (Å²) in [4.78, 5) is 0.273. The molecule has 1 saturated heterocycles. The molecule has 1 aliphatic heterocycles. The van der Waals surface area contributed by atoms with E-state index in [1.807, 2.05) is 13.8 Å². The maximum Gasteiger partial charge on any atom is 0.243 e. The van der Waals surface area contributed by atoms with Crippen LogP contribution < -0.4 is 10.5 Å². The Balaban J connectivity index is 0.00000264. The van der Waals surface area contributed by atoms with Gasteiger partial charge in [0.1, 0.15) is 5.75 Å². The van der Waals surface area contributed by atoms with E-state index in [1.54, 1.807) is 22.5 Å². The monoisotopic (exact) mass is 426 g/mol. The lowest BCUT2D eigenvalue weighted by atomic mass is 10.00. The first kappa shape index (κ1) is 20.7. The minimum Gasteiger partial charge on any atom is -0.493 e. The molecule has 5 nitrogen and oxygen atoms in total. The maximum absolute atomic E-state index is 12.9. The van der Waals surface area contributed by atoms with Crippen molar-refractivity contribution in [1.82, 2.24) is 4.31 Å².